The van der Waals surface area contributed by atoms with E-state index in [2.05, 4.69) is 0 Å². The lowest BCUT2D eigenvalue weighted by Gasteiger charge is -2.08. The van der Waals surface area contributed by atoms with Crippen LogP contribution in [0.25, 0.3) is 10.8 Å². The van der Waals surface area contributed by atoms with Crippen LogP contribution in [-0.2, 0) is 32.3 Å². The number of carbonyl (C=O) groups is 2. The normalized spacial score (nSPS) is 10.5. The van der Waals surface area contributed by atoms with Gasteiger partial charge in [0.2, 0.25) is 0 Å². The summed E-state index contributed by atoms with van der Waals surface area (Å²) >= 11 is 0. The lowest BCUT2D eigenvalue weighted by atomic mass is 10.0. The molecule has 4 heteroatoms. The molecule has 0 N–H and O–H groups in total. The Morgan fingerprint density at radius 2 is 1.23 bits per heavy atom. The molecule has 0 aliphatic heterocycles. The highest BCUT2D eigenvalue weighted by molar-refractivity contribution is 5.84. The fourth-order valence-corrected chi connectivity index (χ4v) is 2.06. The molecule has 0 aliphatic carbocycles. The zero-order chi connectivity index (χ0) is 15.9. The van der Waals surface area contributed by atoms with E-state index in [1.165, 1.54) is 0 Å². The molecular weight excluding hydrogens is 280 g/mol. The molecule has 0 fully saturated rings. The molecule has 0 radical (unpaired) electrons. The molecule has 2 aromatic rings. The molecule has 0 amide bonds. The molecule has 2 rings (SSSR count). The Balaban J connectivity index is 2.12. The standard InChI is InChI=1S/C18H20O4/c1-3-17(19)21-11-13-5-7-15-8-6-14(10-16(15)9-13)12-22-18(20)4-2/h5-10H,3-4,11-12H2,1-2H3. The van der Waals surface area contributed by atoms with E-state index < -0.39 is 0 Å². The largest absolute Gasteiger partial charge is 0.461 e. The minimum atomic E-state index is -0.208. The van der Waals surface area contributed by atoms with Gasteiger partial charge in [-0.25, -0.2) is 0 Å². The molecule has 2 aromatic carbocycles. The number of ether oxygens (including phenoxy) is 2. The third kappa shape index (κ3) is 4.32. The van der Waals surface area contributed by atoms with Crippen molar-refractivity contribution in [2.75, 3.05) is 0 Å². The summed E-state index contributed by atoms with van der Waals surface area (Å²) in [4.78, 5) is 22.4. The number of hydrogen-bond acceptors (Lipinski definition) is 4. The van der Waals surface area contributed by atoms with Crippen molar-refractivity contribution in [1.29, 1.82) is 0 Å². The number of rotatable bonds is 6. The first-order chi connectivity index (χ1) is 10.6. The predicted octanol–water partition coefficient (Wildman–Crippen LogP) is 3.75. The van der Waals surface area contributed by atoms with Crippen molar-refractivity contribution in [1.82, 2.24) is 0 Å². The van der Waals surface area contributed by atoms with Crippen molar-refractivity contribution < 1.29 is 19.1 Å². The first-order valence-corrected chi connectivity index (χ1v) is 7.45. The maximum absolute atomic E-state index is 11.2. The molecule has 0 saturated carbocycles. The lowest BCUT2D eigenvalue weighted by molar-refractivity contribution is -0.145. The summed E-state index contributed by atoms with van der Waals surface area (Å²) in [5.74, 6) is -0.416. The average Bonchev–Trinajstić information content (AvgIpc) is 2.56. The summed E-state index contributed by atoms with van der Waals surface area (Å²) in [5, 5.41) is 2.13. The Bertz CT molecular complexity index is 621. The van der Waals surface area contributed by atoms with E-state index in [-0.39, 0.29) is 25.2 Å². The lowest BCUT2D eigenvalue weighted by Crippen LogP contribution is -2.03. The van der Waals surface area contributed by atoms with Crippen molar-refractivity contribution in [3.05, 3.63) is 47.5 Å². The van der Waals surface area contributed by atoms with Gasteiger partial charge in [0.05, 0.1) is 0 Å². The Kier molecular flexibility index (Phi) is 5.53. The molecule has 0 aromatic heterocycles. The van der Waals surface area contributed by atoms with Gasteiger partial charge >= 0.3 is 11.9 Å². The van der Waals surface area contributed by atoms with E-state index in [0.717, 1.165) is 21.9 Å². The van der Waals surface area contributed by atoms with Crippen LogP contribution in [0.1, 0.15) is 37.8 Å². The summed E-state index contributed by atoms with van der Waals surface area (Å²) in [6, 6.07) is 11.9. The minimum absolute atomic E-state index is 0.208. The molecule has 4 nitrogen and oxygen atoms in total. The first-order valence-electron chi connectivity index (χ1n) is 7.45. The van der Waals surface area contributed by atoms with Crippen molar-refractivity contribution in [3.8, 4) is 0 Å². The van der Waals surface area contributed by atoms with E-state index in [9.17, 15) is 9.59 Å². The predicted molar refractivity (Wildman–Crippen MR) is 84.1 cm³/mol. The van der Waals surface area contributed by atoms with E-state index in [0.29, 0.717) is 12.8 Å². The van der Waals surface area contributed by atoms with Gasteiger partial charge in [0, 0.05) is 12.8 Å². The quantitative estimate of drug-likeness (QED) is 0.762. The number of esters is 2. The van der Waals surface area contributed by atoms with E-state index in [4.69, 9.17) is 9.47 Å². The molecular formula is C18H20O4. The van der Waals surface area contributed by atoms with Crippen LogP contribution in [-0.4, -0.2) is 11.9 Å². The summed E-state index contributed by atoms with van der Waals surface area (Å²) in [7, 11) is 0. The molecule has 0 spiro atoms. The third-order valence-corrected chi connectivity index (χ3v) is 3.35. The second kappa shape index (κ2) is 7.59. The molecule has 0 aliphatic rings. The van der Waals surface area contributed by atoms with Gasteiger partial charge in [-0.2, -0.15) is 0 Å². The first kappa shape index (κ1) is 16.0. The second-order valence-corrected chi connectivity index (χ2v) is 5.04. The molecule has 0 heterocycles. The zero-order valence-corrected chi connectivity index (χ0v) is 12.9. The monoisotopic (exact) mass is 300 g/mol. The Morgan fingerprint density at radius 3 is 1.64 bits per heavy atom. The number of fused-ring (bicyclic) bond motifs is 1. The topological polar surface area (TPSA) is 52.6 Å². The highest BCUT2D eigenvalue weighted by Crippen LogP contribution is 2.19. The van der Waals surface area contributed by atoms with Crippen LogP contribution in [0.15, 0.2) is 36.4 Å². The smallest absolute Gasteiger partial charge is 0.305 e. The number of carbonyl (C=O) groups excluding carboxylic acids is 2. The Labute approximate surface area is 130 Å². The summed E-state index contributed by atoms with van der Waals surface area (Å²) in [6.45, 7) is 4.09. The molecule has 0 saturated heterocycles. The van der Waals surface area contributed by atoms with Crippen LogP contribution in [0, 0.1) is 0 Å². The van der Waals surface area contributed by atoms with E-state index in [1.54, 1.807) is 13.8 Å². The SMILES string of the molecule is CCC(=O)OCc1ccc2ccc(COC(=O)CC)cc2c1. The second-order valence-electron chi connectivity index (χ2n) is 5.04. The van der Waals surface area contributed by atoms with Gasteiger partial charge in [0.15, 0.2) is 0 Å². The number of hydrogen-bond donors (Lipinski definition) is 0. The van der Waals surface area contributed by atoms with Crippen LogP contribution >= 0.6 is 0 Å². The van der Waals surface area contributed by atoms with Crippen LogP contribution in [0.3, 0.4) is 0 Å². The van der Waals surface area contributed by atoms with Gasteiger partial charge in [-0.15, -0.1) is 0 Å². The summed E-state index contributed by atoms with van der Waals surface area (Å²) in [5.41, 5.74) is 1.88. The molecule has 0 unspecified atom stereocenters. The van der Waals surface area contributed by atoms with Crippen LogP contribution in [0.2, 0.25) is 0 Å². The fourth-order valence-electron chi connectivity index (χ4n) is 2.06. The van der Waals surface area contributed by atoms with E-state index >= 15 is 0 Å². The van der Waals surface area contributed by atoms with Crippen molar-refractivity contribution in [2.24, 2.45) is 0 Å². The van der Waals surface area contributed by atoms with Gasteiger partial charge in [0.1, 0.15) is 13.2 Å². The molecule has 0 bridgehead atoms. The van der Waals surface area contributed by atoms with Crippen LogP contribution in [0.5, 0.6) is 0 Å². The maximum Gasteiger partial charge on any atom is 0.305 e. The van der Waals surface area contributed by atoms with Crippen LogP contribution < -0.4 is 0 Å². The van der Waals surface area contributed by atoms with Gasteiger partial charge in [0.25, 0.3) is 0 Å². The minimum Gasteiger partial charge on any atom is -0.461 e. The van der Waals surface area contributed by atoms with Gasteiger partial charge in [-0.05, 0) is 34.0 Å². The van der Waals surface area contributed by atoms with Crippen molar-refractivity contribution in [2.45, 2.75) is 39.9 Å². The van der Waals surface area contributed by atoms with Crippen molar-refractivity contribution >= 4 is 22.7 Å². The average molecular weight is 300 g/mol. The van der Waals surface area contributed by atoms with Gasteiger partial charge < -0.3 is 9.47 Å². The van der Waals surface area contributed by atoms with Crippen LogP contribution in [0.4, 0.5) is 0 Å². The number of benzene rings is 2. The third-order valence-electron chi connectivity index (χ3n) is 3.35. The van der Waals surface area contributed by atoms with E-state index in [1.807, 2.05) is 36.4 Å². The highest BCUT2D eigenvalue weighted by Gasteiger charge is 2.04. The molecule has 116 valence electrons. The summed E-state index contributed by atoms with van der Waals surface area (Å²) in [6.07, 6.45) is 0.751. The Hall–Kier alpha value is -2.36. The zero-order valence-electron chi connectivity index (χ0n) is 12.9. The maximum atomic E-state index is 11.2. The van der Waals surface area contributed by atoms with Gasteiger partial charge in [-0.1, -0.05) is 38.1 Å². The van der Waals surface area contributed by atoms with Gasteiger partial charge in [-0.3, -0.25) is 9.59 Å². The molecule has 0 atom stereocenters. The Morgan fingerprint density at radius 1 is 0.773 bits per heavy atom. The molecule has 22 heavy (non-hydrogen) atoms. The fraction of sp³-hybridized carbons (Fsp3) is 0.333. The van der Waals surface area contributed by atoms with Crippen molar-refractivity contribution in [3.63, 3.8) is 0 Å². The summed E-state index contributed by atoms with van der Waals surface area (Å²) < 4.78 is 10.3. The highest BCUT2D eigenvalue weighted by atomic mass is 16.5.